The van der Waals surface area contributed by atoms with Crippen LogP contribution in [0.15, 0.2) is 0 Å². The van der Waals surface area contributed by atoms with Crippen LogP contribution in [0, 0.1) is 0 Å². The Morgan fingerprint density at radius 1 is 0.577 bits per heavy atom. The minimum absolute atomic E-state index is 0.425. The van der Waals surface area contributed by atoms with Crippen LogP contribution in [-0.2, 0) is 18.9 Å². The minimum atomic E-state index is -0.492. The topological polar surface area (TPSA) is 36.9 Å². The third-order valence-electron chi connectivity index (χ3n) is 3.32. The molecule has 0 fully saturated rings. The van der Waals surface area contributed by atoms with Crippen molar-refractivity contribution in [1.29, 1.82) is 0 Å². The molecule has 0 heterocycles. The average Bonchev–Trinajstić information content (AvgIpc) is 2.68. The Bertz CT molecular complexity index is 285. The van der Waals surface area contributed by atoms with Crippen LogP contribution in [0.4, 0.5) is 0 Å². The van der Waals surface area contributed by atoms with Gasteiger partial charge in [-0.25, -0.2) is 0 Å². The predicted molar refractivity (Wildman–Crippen MR) is 130 cm³/mol. The van der Waals surface area contributed by atoms with Crippen LogP contribution in [-0.4, -0.2) is 55.0 Å². The molecule has 0 aliphatic heterocycles. The van der Waals surface area contributed by atoms with E-state index in [9.17, 15) is 0 Å². The van der Waals surface area contributed by atoms with E-state index in [1.807, 2.05) is 0 Å². The van der Waals surface area contributed by atoms with Crippen molar-refractivity contribution >= 4 is 60.3 Å². The highest BCUT2D eigenvalue weighted by molar-refractivity contribution is 9.26. The summed E-state index contributed by atoms with van der Waals surface area (Å²) in [5.41, 5.74) is 0. The van der Waals surface area contributed by atoms with Crippen LogP contribution in [0.2, 0.25) is 13.1 Å². The van der Waals surface area contributed by atoms with Gasteiger partial charge in [-0.1, -0.05) is 40.8 Å². The molecule has 0 saturated heterocycles. The summed E-state index contributed by atoms with van der Waals surface area (Å²) in [5.74, 6) is 0. The third-order valence-corrected chi connectivity index (χ3v) is 16.2. The zero-order valence-corrected chi connectivity index (χ0v) is 23.4. The highest BCUT2D eigenvalue weighted by atomic mass is 33.7. The summed E-state index contributed by atoms with van der Waals surface area (Å²) < 4.78 is 23.6. The maximum absolute atomic E-state index is 6.12. The highest BCUT2D eigenvalue weighted by Crippen LogP contribution is 2.53. The van der Waals surface area contributed by atoms with E-state index in [4.69, 9.17) is 18.9 Å². The van der Waals surface area contributed by atoms with E-state index in [1.54, 1.807) is 41.2 Å². The van der Waals surface area contributed by atoms with Gasteiger partial charge in [0.25, 0.3) is 0 Å². The molecule has 0 saturated carbocycles. The summed E-state index contributed by atoms with van der Waals surface area (Å²) in [6.07, 6.45) is 4.05. The van der Waals surface area contributed by atoms with Crippen LogP contribution in [0.25, 0.3) is 0 Å². The summed E-state index contributed by atoms with van der Waals surface area (Å²) in [6.45, 7) is 16.1. The van der Waals surface area contributed by atoms with E-state index >= 15 is 0 Å². The summed E-state index contributed by atoms with van der Waals surface area (Å²) >= 11 is 0. The first kappa shape index (κ1) is 27.7. The SMILES string of the molecule is CCCOC(OCCC)([SiH2]C)SSSSC(OCCC)(OCCC)[SiH2]C. The molecule has 0 aliphatic carbocycles. The second-order valence-corrected chi connectivity index (χ2v) is 16.2. The van der Waals surface area contributed by atoms with Crippen molar-refractivity contribution in [1.82, 2.24) is 0 Å². The molecule has 0 rings (SSSR count). The normalized spacial score (nSPS) is 13.6. The Morgan fingerprint density at radius 2 is 0.846 bits per heavy atom. The number of ether oxygens (including phenoxy) is 4. The fourth-order valence-electron chi connectivity index (χ4n) is 1.87. The van der Waals surface area contributed by atoms with Crippen molar-refractivity contribution in [3.63, 3.8) is 0 Å². The Morgan fingerprint density at radius 3 is 1.04 bits per heavy atom. The summed E-state index contributed by atoms with van der Waals surface area (Å²) in [5, 5.41) is 0. The molecule has 0 N–H and O–H groups in total. The number of hydrogen-bond acceptors (Lipinski definition) is 8. The molecule has 0 amide bonds. The number of rotatable bonds is 19. The van der Waals surface area contributed by atoms with Crippen LogP contribution in [0.5, 0.6) is 0 Å². The third kappa shape index (κ3) is 11.6. The van der Waals surface area contributed by atoms with Gasteiger partial charge in [0.15, 0.2) is 0 Å². The molecule has 0 aromatic rings. The van der Waals surface area contributed by atoms with Gasteiger partial charge in [-0.3, -0.25) is 0 Å². The lowest BCUT2D eigenvalue weighted by Crippen LogP contribution is -2.38. The standard InChI is InChI=1S/C16H38O4S4Si2/c1-7-11-17-15(25-5,18-12-8-2)21-23-24-22-16(26-6,19-13-9-3)20-14-10-4/h7-14,25-26H2,1-6H3. The zero-order valence-electron chi connectivity index (χ0n) is 17.3. The monoisotopic (exact) mass is 478 g/mol. The lowest BCUT2D eigenvalue weighted by Gasteiger charge is -2.33. The molecule has 158 valence electrons. The van der Waals surface area contributed by atoms with E-state index in [0.717, 1.165) is 52.1 Å². The van der Waals surface area contributed by atoms with Gasteiger partial charge in [-0.05, 0) is 66.9 Å². The molecule has 0 aromatic heterocycles. The minimum Gasteiger partial charge on any atom is -0.345 e. The highest BCUT2D eigenvalue weighted by Gasteiger charge is 2.34. The van der Waals surface area contributed by atoms with Crippen molar-refractivity contribution < 1.29 is 18.9 Å². The summed E-state index contributed by atoms with van der Waals surface area (Å²) in [4.78, 5) is 0. The number of hydrogen-bond donors (Lipinski definition) is 0. The van der Waals surface area contributed by atoms with Gasteiger partial charge in [0, 0.05) is 0 Å². The Hall–Kier alpha value is 1.67. The fraction of sp³-hybridized carbons (Fsp3) is 1.00. The largest absolute Gasteiger partial charge is 0.345 e. The quantitative estimate of drug-likeness (QED) is 0.111. The Kier molecular flexibility index (Phi) is 18.7. The predicted octanol–water partition coefficient (Wildman–Crippen LogP) is 5.03. The average molecular weight is 479 g/mol. The van der Waals surface area contributed by atoms with Crippen LogP contribution in [0.3, 0.4) is 0 Å². The van der Waals surface area contributed by atoms with Gasteiger partial charge in [-0.2, -0.15) is 0 Å². The van der Waals surface area contributed by atoms with Crippen LogP contribution < -0.4 is 0 Å². The van der Waals surface area contributed by atoms with Gasteiger partial charge in [-0.15, -0.1) is 0 Å². The van der Waals surface area contributed by atoms with Gasteiger partial charge >= 0.3 is 0 Å². The van der Waals surface area contributed by atoms with E-state index in [1.165, 1.54) is 0 Å². The molecule has 0 bridgehead atoms. The van der Waals surface area contributed by atoms with E-state index < -0.39 is 28.5 Å². The molecule has 0 spiro atoms. The molecule has 0 radical (unpaired) electrons. The maximum Gasteiger partial charge on any atom is 0.200 e. The van der Waals surface area contributed by atoms with Crippen molar-refractivity contribution in [2.24, 2.45) is 0 Å². The summed E-state index contributed by atoms with van der Waals surface area (Å²) in [7, 11) is 5.95. The first-order valence-corrected chi connectivity index (χ1v) is 18.9. The molecular weight excluding hydrogens is 441 g/mol. The molecule has 0 aromatic carbocycles. The van der Waals surface area contributed by atoms with Crippen molar-refractivity contribution in [3.05, 3.63) is 0 Å². The zero-order chi connectivity index (χ0) is 19.7. The lowest BCUT2D eigenvalue weighted by molar-refractivity contribution is -0.116. The first-order valence-electron chi connectivity index (χ1n) is 9.83. The smallest absolute Gasteiger partial charge is 0.200 e. The first-order chi connectivity index (χ1) is 12.6. The van der Waals surface area contributed by atoms with Crippen LogP contribution >= 0.6 is 41.2 Å². The van der Waals surface area contributed by atoms with Gasteiger partial charge in [0.05, 0.1) is 26.4 Å². The molecule has 0 unspecified atom stereocenters. The summed E-state index contributed by atoms with van der Waals surface area (Å²) in [6, 6.07) is 0. The van der Waals surface area contributed by atoms with E-state index in [0.29, 0.717) is 0 Å². The van der Waals surface area contributed by atoms with Gasteiger partial charge < -0.3 is 18.9 Å². The fourth-order valence-corrected chi connectivity index (χ4v) is 14.9. The van der Waals surface area contributed by atoms with Crippen molar-refractivity contribution in [3.8, 4) is 0 Å². The van der Waals surface area contributed by atoms with Gasteiger partial charge in [0.2, 0.25) is 9.48 Å². The molecule has 0 atom stereocenters. The Labute approximate surface area is 181 Å². The van der Waals surface area contributed by atoms with Crippen molar-refractivity contribution in [2.75, 3.05) is 26.4 Å². The maximum atomic E-state index is 6.12. The van der Waals surface area contributed by atoms with Crippen LogP contribution in [0.1, 0.15) is 53.4 Å². The van der Waals surface area contributed by atoms with Gasteiger partial charge in [0.1, 0.15) is 19.0 Å². The molecule has 10 heteroatoms. The van der Waals surface area contributed by atoms with Crippen molar-refractivity contribution in [2.45, 2.75) is 76.0 Å². The second-order valence-electron chi connectivity index (χ2n) is 5.77. The molecule has 26 heavy (non-hydrogen) atoms. The molecule has 0 aliphatic rings. The second kappa shape index (κ2) is 17.5. The molecule has 4 nitrogen and oxygen atoms in total. The van der Waals surface area contributed by atoms with E-state index in [-0.39, 0.29) is 0 Å². The molecular formula is C16H38O4S4Si2. The Balaban J connectivity index is 4.66. The van der Waals surface area contributed by atoms with E-state index in [2.05, 4.69) is 40.8 Å². The lowest BCUT2D eigenvalue weighted by atomic mass is 10.5.